The van der Waals surface area contributed by atoms with E-state index in [2.05, 4.69) is 15.1 Å². The molecule has 8 nitrogen and oxygen atoms in total. The SMILES string of the molecule is COc1ccc(OC)c(S(=O)(=O)N2CCN(c3c(C)n[nH]c3C)CC2)c1. The number of anilines is 1. The number of H-pyrrole nitrogens is 1. The summed E-state index contributed by atoms with van der Waals surface area (Å²) in [4.78, 5) is 2.30. The number of benzene rings is 1. The second-order valence-electron chi connectivity index (χ2n) is 6.19. The van der Waals surface area contributed by atoms with Crippen LogP contribution in [0.15, 0.2) is 23.1 Å². The van der Waals surface area contributed by atoms with E-state index in [9.17, 15) is 8.42 Å². The molecule has 1 aliphatic rings. The molecule has 0 aliphatic carbocycles. The number of hydrogen-bond acceptors (Lipinski definition) is 6. The maximum Gasteiger partial charge on any atom is 0.247 e. The fourth-order valence-electron chi connectivity index (χ4n) is 3.29. The lowest BCUT2D eigenvalue weighted by Crippen LogP contribution is -2.49. The predicted octanol–water partition coefficient (Wildman–Crippen LogP) is 1.55. The largest absolute Gasteiger partial charge is 0.497 e. The third-order valence-corrected chi connectivity index (χ3v) is 6.55. The molecular formula is C17H24N4O4S. The highest BCUT2D eigenvalue weighted by Gasteiger charge is 2.32. The summed E-state index contributed by atoms with van der Waals surface area (Å²) < 4.78 is 38.1. The van der Waals surface area contributed by atoms with Crippen molar-refractivity contribution in [3.8, 4) is 11.5 Å². The number of ether oxygens (including phenoxy) is 2. The smallest absolute Gasteiger partial charge is 0.247 e. The lowest BCUT2D eigenvalue weighted by atomic mass is 10.2. The van der Waals surface area contributed by atoms with E-state index in [0.717, 1.165) is 17.1 Å². The van der Waals surface area contributed by atoms with Crippen molar-refractivity contribution in [1.29, 1.82) is 0 Å². The van der Waals surface area contributed by atoms with E-state index >= 15 is 0 Å². The molecule has 26 heavy (non-hydrogen) atoms. The summed E-state index contributed by atoms with van der Waals surface area (Å²) in [5.41, 5.74) is 2.97. The lowest BCUT2D eigenvalue weighted by Gasteiger charge is -2.35. The Morgan fingerprint density at radius 2 is 1.77 bits per heavy atom. The molecule has 1 fully saturated rings. The number of sulfonamides is 1. The van der Waals surface area contributed by atoms with Gasteiger partial charge in [0.1, 0.15) is 16.4 Å². The van der Waals surface area contributed by atoms with E-state index in [4.69, 9.17) is 9.47 Å². The highest BCUT2D eigenvalue weighted by Crippen LogP contribution is 2.32. The van der Waals surface area contributed by atoms with Crippen LogP contribution < -0.4 is 14.4 Å². The molecule has 1 saturated heterocycles. The van der Waals surface area contributed by atoms with Crippen molar-refractivity contribution in [3.05, 3.63) is 29.6 Å². The molecule has 0 bridgehead atoms. The van der Waals surface area contributed by atoms with Crippen molar-refractivity contribution in [2.75, 3.05) is 45.3 Å². The van der Waals surface area contributed by atoms with Crippen LogP contribution in [0.3, 0.4) is 0 Å². The number of aryl methyl sites for hydroxylation is 2. The molecular weight excluding hydrogens is 356 g/mol. The molecule has 9 heteroatoms. The van der Waals surface area contributed by atoms with Gasteiger partial charge in [-0.05, 0) is 26.0 Å². The summed E-state index contributed by atoms with van der Waals surface area (Å²) in [5, 5.41) is 7.19. The quantitative estimate of drug-likeness (QED) is 0.847. The van der Waals surface area contributed by atoms with Gasteiger partial charge in [0.25, 0.3) is 0 Å². The van der Waals surface area contributed by atoms with Crippen LogP contribution in [-0.4, -0.2) is 63.3 Å². The molecule has 2 aromatic rings. The number of rotatable bonds is 5. The topological polar surface area (TPSA) is 87.8 Å². The van der Waals surface area contributed by atoms with Crippen LogP contribution in [0.2, 0.25) is 0 Å². The molecule has 1 aromatic heterocycles. The maximum atomic E-state index is 13.1. The van der Waals surface area contributed by atoms with Gasteiger partial charge in [0.2, 0.25) is 10.0 Å². The molecule has 0 unspecified atom stereocenters. The predicted molar refractivity (Wildman–Crippen MR) is 98.6 cm³/mol. The zero-order valence-corrected chi connectivity index (χ0v) is 16.3. The zero-order valence-electron chi connectivity index (χ0n) is 15.4. The molecule has 0 spiro atoms. The fourth-order valence-corrected chi connectivity index (χ4v) is 4.88. The highest BCUT2D eigenvalue weighted by molar-refractivity contribution is 7.89. The normalized spacial score (nSPS) is 15.9. The maximum absolute atomic E-state index is 13.1. The van der Waals surface area contributed by atoms with E-state index in [0.29, 0.717) is 37.7 Å². The van der Waals surface area contributed by atoms with Gasteiger partial charge in [0, 0.05) is 32.2 Å². The summed E-state index contributed by atoms with van der Waals surface area (Å²) in [6, 6.07) is 4.80. The molecule has 1 aliphatic heterocycles. The van der Waals surface area contributed by atoms with Crippen LogP contribution in [0.25, 0.3) is 0 Å². The molecule has 3 rings (SSSR count). The molecule has 0 radical (unpaired) electrons. The number of piperazine rings is 1. The third kappa shape index (κ3) is 3.24. The molecule has 142 valence electrons. The van der Waals surface area contributed by atoms with Crippen LogP contribution in [0.4, 0.5) is 5.69 Å². The molecule has 1 aromatic carbocycles. The van der Waals surface area contributed by atoms with Gasteiger partial charge in [0.15, 0.2) is 0 Å². The Labute approximate surface area is 153 Å². The standard InChI is InChI=1S/C17H24N4O4S/c1-12-17(13(2)19-18-12)20-7-9-21(10-8-20)26(22,23)16-11-14(24-3)5-6-15(16)25-4/h5-6,11H,7-10H2,1-4H3,(H,18,19). The Morgan fingerprint density at radius 3 is 2.31 bits per heavy atom. The summed E-state index contributed by atoms with van der Waals surface area (Å²) in [7, 11) is -0.704. The van der Waals surface area contributed by atoms with Crippen molar-refractivity contribution in [1.82, 2.24) is 14.5 Å². The van der Waals surface area contributed by atoms with Crippen molar-refractivity contribution >= 4 is 15.7 Å². The average molecular weight is 380 g/mol. The Morgan fingerprint density at radius 1 is 1.08 bits per heavy atom. The lowest BCUT2D eigenvalue weighted by molar-refractivity contribution is 0.370. The second-order valence-corrected chi connectivity index (χ2v) is 8.10. The van der Waals surface area contributed by atoms with Gasteiger partial charge in [-0.25, -0.2) is 8.42 Å². The van der Waals surface area contributed by atoms with Crippen molar-refractivity contribution in [3.63, 3.8) is 0 Å². The van der Waals surface area contributed by atoms with Gasteiger partial charge in [-0.3, -0.25) is 5.10 Å². The molecule has 0 amide bonds. The van der Waals surface area contributed by atoms with Gasteiger partial charge in [-0.2, -0.15) is 9.40 Å². The van der Waals surface area contributed by atoms with E-state index in [-0.39, 0.29) is 4.90 Å². The number of aromatic nitrogens is 2. The first-order valence-electron chi connectivity index (χ1n) is 8.37. The molecule has 0 saturated carbocycles. The van der Waals surface area contributed by atoms with Crippen molar-refractivity contribution in [2.45, 2.75) is 18.7 Å². The minimum Gasteiger partial charge on any atom is -0.497 e. The fraction of sp³-hybridized carbons (Fsp3) is 0.471. The van der Waals surface area contributed by atoms with Crippen LogP contribution in [0.5, 0.6) is 11.5 Å². The van der Waals surface area contributed by atoms with Gasteiger partial charge >= 0.3 is 0 Å². The second kappa shape index (κ2) is 7.16. The molecule has 0 atom stereocenters. The summed E-state index contributed by atoms with van der Waals surface area (Å²) in [5.74, 6) is 0.794. The summed E-state index contributed by atoms with van der Waals surface area (Å²) in [6.07, 6.45) is 0. The van der Waals surface area contributed by atoms with Crippen LogP contribution >= 0.6 is 0 Å². The van der Waals surface area contributed by atoms with E-state index < -0.39 is 10.0 Å². The van der Waals surface area contributed by atoms with Crippen molar-refractivity contribution < 1.29 is 17.9 Å². The van der Waals surface area contributed by atoms with Gasteiger partial charge in [-0.15, -0.1) is 0 Å². The Kier molecular flexibility index (Phi) is 5.10. The third-order valence-electron chi connectivity index (χ3n) is 4.63. The van der Waals surface area contributed by atoms with E-state index in [1.807, 2.05) is 13.8 Å². The van der Waals surface area contributed by atoms with Crippen LogP contribution in [-0.2, 0) is 10.0 Å². The number of nitrogens with zero attached hydrogens (tertiary/aromatic N) is 3. The Balaban J connectivity index is 1.83. The molecule has 1 N–H and O–H groups in total. The minimum atomic E-state index is -3.67. The number of aromatic amines is 1. The van der Waals surface area contributed by atoms with E-state index in [1.165, 1.54) is 24.6 Å². The monoisotopic (exact) mass is 380 g/mol. The van der Waals surface area contributed by atoms with Gasteiger partial charge in [-0.1, -0.05) is 0 Å². The Bertz CT molecular complexity index is 867. The van der Waals surface area contributed by atoms with Gasteiger partial charge in [0.05, 0.1) is 31.3 Å². The zero-order chi connectivity index (χ0) is 18.9. The van der Waals surface area contributed by atoms with Gasteiger partial charge < -0.3 is 14.4 Å². The summed E-state index contributed by atoms with van der Waals surface area (Å²) >= 11 is 0. The highest BCUT2D eigenvalue weighted by atomic mass is 32.2. The minimum absolute atomic E-state index is 0.128. The summed E-state index contributed by atoms with van der Waals surface area (Å²) in [6.45, 7) is 5.92. The average Bonchev–Trinajstić information content (AvgIpc) is 2.99. The first-order valence-corrected chi connectivity index (χ1v) is 9.81. The molecule has 2 heterocycles. The first kappa shape index (κ1) is 18.5. The van der Waals surface area contributed by atoms with Crippen LogP contribution in [0, 0.1) is 13.8 Å². The van der Waals surface area contributed by atoms with Crippen molar-refractivity contribution in [2.24, 2.45) is 0 Å². The first-order chi connectivity index (χ1) is 12.4. The van der Waals surface area contributed by atoms with E-state index in [1.54, 1.807) is 12.1 Å². The number of methoxy groups -OCH3 is 2. The number of nitrogens with one attached hydrogen (secondary N) is 1. The Hall–Kier alpha value is -2.26. The van der Waals surface area contributed by atoms with Crippen LogP contribution in [0.1, 0.15) is 11.4 Å². The number of hydrogen-bond donors (Lipinski definition) is 1.